The molecule has 9 aromatic rings. The van der Waals surface area contributed by atoms with E-state index in [1.54, 1.807) is 88.4 Å². The Bertz CT molecular complexity index is 5210. The first-order chi connectivity index (χ1) is 50.5. The summed E-state index contributed by atoms with van der Waals surface area (Å²) in [5.41, 5.74) is 21.5. The molecule has 16 N–H and O–H groups in total. The minimum Gasteiger partial charge on any atom is -0.507 e. The van der Waals surface area contributed by atoms with E-state index in [0.717, 1.165) is 78.5 Å². The first-order valence-electron chi connectivity index (χ1n) is 33.2. The number of methoxy groups -OCH3 is 1. The number of hydrogen-bond donors (Lipinski definition) is 12. The van der Waals surface area contributed by atoms with Crippen LogP contribution < -0.4 is 49.8 Å². The molecule has 0 unspecified atom stereocenters. The molecule has 0 spiro atoms. The number of allylic oxidation sites excluding steroid dienone is 3. The summed E-state index contributed by atoms with van der Waals surface area (Å²) in [6, 6.07) is 53.9. The van der Waals surface area contributed by atoms with Gasteiger partial charge in [-0.3, -0.25) is 40.9 Å². The Morgan fingerprint density at radius 2 is 1.03 bits per heavy atom. The number of aromatic hydroxyl groups is 4. The summed E-state index contributed by atoms with van der Waals surface area (Å²) < 4.78 is 12.6. The summed E-state index contributed by atoms with van der Waals surface area (Å²) >= 11 is 0. The van der Waals surface area contributed by atoms with Crippen molar-refractivity contribution >= 4 is 129 Å². The van der Waals surface area contributed by atoms with Gasteiger partial charge < -0.3 is 25.2 Å². The number of amidine groups is 3. The summed E-state index contributed by atoms with van der Waals surface area (Å²) in [7, 11) is 1.59. The molecule has 25 nitrogen and oxygen atoms in total. The average Bonchev–Trinajstić information content (AvgIpc) is 1.67. The lowest BCUT2D eigenvalue weighted by Crippen LogP contribution is -2.33. The molecule has 0 saturated heterocycles. The molecule has 13 rings (SSSR count). The van der Waals surface area contributed by atoms with Gasteiger partial charge in [-0.2, -0.15) is 18.3 Å². The van der Waals surface area contributed by atoms with Crippen LogP contribution in [0.2, 0.25) is 0 Å². The SMILES string of the molecule is C=CCc1cccc(C=[N+]2C(CC(=O)NN)=Nc3ccccc32)c1O.CC(C)(C)c1ccc(O)c(C=[N+]2C=Nc3ccc(C(=O)NN)cc32)c1.COc1cc(C=[N+]2C(CC(=O)NN)=Nc3ccccc32)c(O)c(CC=C(C)C)c1.NNC(=O)CC1=Nc2ccccc2[N+]1=Cc1ccc2ccccc2c1O. The molecule has 4 amide bonds. The van der Waals surface area contributed by atoms with Crippen LogP contribution in [-0.4, -0.2) is 118 Å². The number of phenolic OH excluding ortho intramolecular Hbond substituents is 4. The molecule has 4 aliphatic rings. The third kappa shape index (κ3) is 17.8. The average molecular weight is 1410 g/mol. The van der Waals surface area contributed by atoms with Crippen LogP contribution in [0.5, 0.6) is 28.7 Å². The number of rotatable bonds is 16. The van der Waals surface area contributed by atoms with Crippen molar-refractivity contribution in [3.05, 3.63) is 245 Å². The van der Waals surface area contributed by atoms with Crippen molar-refractivity contribution in [2.75, 3.05) is 7.11 Å². The molecule has 105 heavy (non-hydrogen) atoms. The number of carbonyl (C=O) groups is 4. The quantitative estimate of drug-likeness (QED) is 0.0141. The number of nitrogen functional groups attached to an aromatic ring is 1. The number of amides is 4. The first kappa shape index (κ1) is 74.5. The van der Waals surface area contributed by atoms with E-state index in [0.29, 0.717) is 63.9 Å². The van der Waals surface area contributed by atoms with Gasteiger partial charge in [0.25, 0.3) is 12.2 Å². The van der Waals surface area contributed by atoms with E-state index in [1.165, 1.54) is 0 Å². The number of para-hydroxylation sites is 7. The molecule has 4 heterocycles. The molecule has 25 heteroatoms. The van der Waals surface area contributed by atoms with E-state index in [1.807, 2.05) is 170 Å². The van der Waals surface area contributed by atoms with E-state index in [4.69, 9.17) is 28.1 Å². The summed E-state index contributed by atoms with van der Waals surface area (Å²) in [5, 5.41) is 44.0. The molecule has 532 valence electrons. The Labute approximate surface area is 606 Å². The molecular weight excluding hydrogens is 1330 g/mol. The maximum atomic E-state index is 11.9. The number of phenols is 4. The highest BCUT2D eigenvalue weighted by molar-refractivity contribution is 6.06. The van der Waals surface area contributed by atoms with E-state index in [2.05, 4.69) is 69.0 Å². The number of nitrogens with one attached hydrogen (secondary N) is 4. The van der Waals surface area contributed by atoms with E-state index in [9.17, 15) is 39.6 Å². The van der Waals surface area contributed by atoms with E-state index in [-0.39, 0.29) is 71.3 Å². The van der Waals surface area contributed by atoms with Crippen molar-refractivity contribution in [1.82, 2.24) is 21.7 Å². The zero-order valence-corrected chi connectivity index (χ0v) is 58.7. The van der Waals surface area contributed by atoms with E-state index >= 15 is 0 Å². The predicted octanol–water partition coefficient (Wildman–Crippen LogP) is 10.9. The summed E-state index contributed by atoms with van der Waals surface area (Å²) in [4.78, 5) is 65.0. The van der Waals surface area contributed by atoms with Crippen molar-refractivity contribution < 1.29 is 62.6 Å². The molecular formula is C80H82N16O9+4. The van der Waals surface area contributed by atoms with Gasteiger partial charge in [0.15, 0.2) is 22.7 Å². The van der Waals surface area contributed by atoms with Crippen molar-refractivity contribution in [2.45, 2.75) is 72.1 Å². The first-order valence-corrected chi connectivity index (χ1v) is 33.2. The smallest absolute Gasteiger partial charge is 0.314 e. The fourth-order valence-corrected chi connectivity index (χ4v) is 11.5. The molecule has 4 aliphatic heterocycles. The number of hydrazine groups is 4. The molecule has 0 atom stereocenters. The minimum atomic E-state index is -0.368. The number of fused-ring (bicyclic) bond motifs is 5. The lowest BCUT2D eigenvalue weighted by atomic mass is 9.86. The standard InChI is InChI=1S/C22H24N4O3.C20H16N4O2.C19H20N4O2.C19H18N4O2/c1-14(2)8-9-15-10-17(29-3)11-16(22(15)28)13-26-19-7-5-4-6-18(19)24-20(26)12-21(27)25-23;21-23-19(25)11-18-22-16-7-3-4-8-17(16)24(18)12-14-10-9-13-5-1-2-6-15(13)20(14)26;1-19(2,3)14-5-7-17(24)13(8-14)10-23-11-21-15-6-4-12(9-16(15)23)18(25)22-20;1-2-6-13-7-5-8-14(19(13)25)12-23-16-10-4-3-9-15(16)21-17(23)11-18(24)22-20/h4-8,10-11,13H,9,12,23H2,1-3H3,(H,25,27);1-10,12H,11,21H2,(H,23,25);4-11H,20H2,1-3H3,(H,22,25);2-5,7-10,12H,1,6,11,20H2,(H,22,24)/p+4. The van der Waals surface area contributed by atoms with Crippen LogP contribution in [0.15, 0.2) is 220 Å². The minimum absolute atomic E-state index is 0.0109. The Morgan fingerprint density at radius 1 is 0.505 bits per heavy atom. The maximum Gasteiger partial charge on any atom is 0.314 e. The van der Waals surface area contributed by atoms with Crippen LogP contribution in [0.4, 0.5) is 45.5 Å². The van der Waals surface area contributed by atoms with Crippen LogP contribution in [0.1, 0.15) is 103 Å². The van der Waals surface area contributed by atoms with Crippen LogP contribution >= 0.6 is 0 Å². The number of aliphatic imine (C=N–C) groups is 4. The van der Waals surface area contributed by atoms with Crippen molar-refractivity contribution in [1.29, 1.82) is 0 Å². The van der Waals surface area contributed by atoms with Gasteiger partial charge in [0.1, 0.15) is 72.9 Å². The van der Waals surface area contributed by atoms with Gasteiger partial charge >= 0.3 is 17.5 Å². The number of benzene rings is 9. The third-order valence-corrected chi connectivity index (χ3v) is 17.0. The zero-order valence-electron chi connectivity index (χ0n) is 58.7. The molecule has 0 radical (unpaired) electrons. The topological polar surface area (TPSA) is 372 Å². The van der Waals surface area contributed by atoms with Crippen LogP contribution in [0.3, 0.4) is 0 Å². The highest BCUT2D eigenvalue weighted by Gasteiger charge is 2.35. The van der Waals surface area contributed by atoms with Gasteiger partial charge in [-0.15, -0.1) is 6.58 Å². The monoisotopic (exact) mass is 1410 g/mol. The van der Waals surface area contributed by atoms with Gasteiger partial charge in [-0.1, -0.05) is 123 Å². The Morgan fingerprint density at radius 3 is 1.55 bits per heavy atom. The second kappa shape index (κ2) is 33.5. The second-order valence-corrected chi connectivity index (χ2v) is 25.5. The highest BCUT2D eigenvalue weighted by Crippen LogP contribution is 2.40. The normalized spacial score (nSPS) is 14.2. The molecule has 0 aliphatic carbocycles. The van der Waals surface area contributed by atoms with Gasteiger partial charge in [0.05, 0.1) is 29.4 Å². The maximum absolute atomic E-state index is 11.9. The number of carbonyl (C=O) groups excluding carboxylic acids is 4. The lowest BCUT2D eigenvalue weighted by molar-refractivity contribution is -0.297. The summed E-state index contributed by atoms with van der Waals surface area (Å²) in [6.45, 7) is 14.1. The molecule has 9 aromatic carbocycles. The Hall–Kier alpha value is -13.2. The number of hydrogen-bond acceptors (Lipinski definition) is 17. The Kier molecular flexibility index (Phi) is 23.8. The van der Waals surface area contributed by atoms with Crippen LogP contribution in [0, 0.1) is 0 Å². The van der Waals surface area contributed by atoms with Crippen molar-refractivity contribution in [3.63, 3.8) is 0 Å². The number of ether oxygens (including phenoxy) is 1. The Balaban J connectivity index is 0.000000150. The van der Waals surface area contributed by atoms with Gasteiger partial charge in [-0.25, -0.2) is 23.4 Å². The molecule has 0 saturated carbocycles. The van der Waals surface area contributed by atoms with Gasteiger partial charge in [0, 0.05) is 22.6 Å². The third-order valence-electron chi connectivity index (χ3n) is 17.0. The van der Waals surface area contributed by atoms with Crippen molar-refractivity contribution in [2.24, 2.45) is 43.3 Å². The molecule has 0 fully saturated rings. The van der Waals surface area contributed by atoms with Crippen molar-refractivity contribution in [3.8, 4) is 28.7 Å². The number of nitrogens with zero attached hydrogens (tertiary/aromatic N) is 8. The summed E-state index contributed by atoms with van der Waals surface area (Å²) in [5.74, 6) is 22.4. The fraction of sp³-hybridized carbons (Fsp3) is 0.150. The largest absolute Gasteiger partial charge is 0.507 e. The second-order valence-electron chi connectivity index (χ2n) is 25.5. The van der Waals surface area contributed by atoms with Crippen LogP contribution in [-0.2, 0) is 32.6 Å². The fourth-order valence-electron chi connectivity index (χ4n) is 11.5. The lowest BCUT2D eigenvalue weighted by Gasteiger charge is -2.19. The van der Waals surface area contributed by atoms with Gasteiger partial charge in [-0.05, 0) is 154 Å². The van der Waals surface area contributed by atoms with Gasteiger partial charge in [0.2, 0.25) is 40.5 Å². The molecule has 0 bridgehead atoms. The highest BCUT2D eigenvalue weighted by atomic mass is 16.5. The number of nitrogens with two attached hydrogens (primary N) is 4. The van der Waals surface area contributed by atoms with Crippen LogP contribution in [0.25, 0.3) is 10.8 Å². The molecule has 0 aromatic heterocycles. The predicted molar refractivity (Wildman–Crippen MR) is 410 cm³/mol. The summed E-state index contributed by atoms with van der Waals surface area (Å²) in [6.07, 6.45) is 13.8. The zero-order chi connectivity index (χ0) is 75.1. The van der Waals surface area contributed by atoms with E-state index < -0.39 is 0 Å².